The number of amidine groups is 1. The predicted molar refractivity (Wildman–Crippen MR) is 78.1 cm³/mol. The first-order valence-corrected chi connectivity index (χ1v) is 7.54. The SMILES string of the molecule is NCc1cccc(NC2=NS(=O)(=O)c3ccccc32)c1. The molecule has 0 aromatic heterocycles. The lowest BCUT2D eigenvalue weighted by molar-refractivity contribution is 0.599. The van der Waals surface area contributed by atoms with Gasteiger partial charge in [0.1, 0.15) is 4.90 Å². The number of nitrogens with two attached hydrogens (primary N) is 1. The zero-order valence-corrected chi connectivity index (χ0v) is 11.4. The Labute approximate surface area is 117 Å². The fourth-order valence-electron chi connectivity index (χ4n) is 2.11. The molecule has 20 heavy (non-hydrogen) atoms. The lowest BCUT2D eigenvalue weighted by Crippen LogP contribution is -2.11. The van der Waals surface area contributed by atoms with E-state index in [0.29, 0.717) is 17.9 Å². The molecule has 102 valence electrons. The van der Waals surface area contributed by atoms with Crippen LogP contribution in [0.2, 0.25) is 0 Å². The lowest BCUT2D eigenvalue weighted by atomic mass is 10.1. The Kier molecular flexibility index (Phi) is 3.04. The molecule has 0 fully saturated rings. The highest BCUT2D eigenvalue weighted by atomic mass is 32.2. The molecule has 0 amide bonds. The fourth-order valence-corrected chi connectivity index (χ4v) is 3.28. The Morgan fingerprint density at radius 3 is 2.70 bits per heavy atom. The zero-order valence-electron chi connectivity index (χ0n) is 10.6. The summed E-state index contributed by atoms with van der Waals surface area (Å²) >= 11 is 0. The summed E-state index contributed by atoms with van der Waals surface area (Å²) in [5, 5.41) is 3.04. The summed E-state index contributed by atoms with van der Waals surface area (Å²) in [7, 11) is -3.59. The summed E-state index contributed by atoms with van der Waals surface area (Å²) in [6.07, 6.45) is 0. The van der Waals surface area contributed by atoms with Gasteiger partial charge in [-0.1, -0.05) is 24.3 Å². The number of hydrogen-bond donors (Lipinski definition) is 2. The number of rotatable bonds is 2. The van der Waals surface area contributed by atoms with Crippen molar-refractivity contribution in [1.29, 1.82) is 0 Å². The van der Waals surface area contributed by atoms with Crippen molar-refractivity contribution in [3.8, 4) is 0 Å². The Morgan fingerprint density at radius 1 is 1.10 bits per heavy atom. The largest absolute Gasteiger partial charge is 0.339 e. The van der Waals surface area contributed by atoms with Crippen LogP contribution in [-0.2, 0) is 16.6 Å². The van der Waals surface area contributed by atoms with Crippen LogP contribution in [-0.4, -0.2) is 14.3 Å². The number of benzene rings is 2. The monoisotopic (exact) mass is 287 g/mol. The summed E-state index contributed by atoms with van der Waals surface area (Å²) in [5.41, 5.74) is 7.91. The fraction of sp³-hybridized carbons (Fsp3) is 0.0714. The number of nitrogens with zero attached hydrogens (tertiary/aromatic N) is 1. The maximum absolute atomic E-state index is 11.9. The van der Waals surface area contributed by atoms with Crippen molar-refractivity contribution in [1.82, 2.24) is 0 Å². The summed E-state index contributed by atoms with van der Waals surface area (Å²) in [6, 6.07) is 14.2. The molecule has 2 aromatic carbocycles. The van der Waals surface area contributed by atoms with E-state index >= 15 is 0 Å². The van der Waals surface area contributed by atoms with Gasteiger partial charge in [0.2, 0.25) is 0 Å². The summed E-state index contributed by atoms with van der Waals surface area (Å²) in [4.78, 5) is 0.234. The van der Waals surface area contributed by atoms with Gasteiger partial charge in [-0.2, -0.15) is 8.42 Å². The van der Waals surface area contributed by atoms with Gasteiger partial charge in [-0.25, -0.2) is 0 Å². The van der Waals surface area contributed by atoms with E-state index in [1.807, 2.05) is 24.3 Å². The average Bonchev–Trinajstić information content (AvgIpc) is 2.71. The number of anilines is 1. The van der Waals surface area contributed by atoms with Gasteiger partial charge in [0, 0.05) is 17.8 Å². The molecule has 6 heteroatoms. The second-order valence-corrected chi connectivity index (χ2v) is 6.01. The van der Waals surface area contributed by atoms with E-state index in [4.69, 9.17) is 5.73 Å². The number of sulfonamides is 1. The molecular weight excluding hydrogens is 274 g/mol. The molecule has 0 atom stereocenters. The maximum Gasteiger partial charge on any atom is 0.285 e. The normalized spacial score (nSPS) is 15.6. The van der Waals surface area contributed by atoms with Crippen LogP contribution in [0.15, 0.2) is 57.8 Å². The Hall–Kier alpha value is -2.18. The Balaban J connectivity index is 2.00. The molecule has 1 heterocycles. The number of nitrogens with one attached hydrogen (secondary N) is 1. The Morgan fingerprint density at radius 2 is 1.90 bits per heavy atom. The van der Waals surface area contributed by atoms with Crippen molar-refractivity contribution in [2.24, 2.45) is 10.1 Å². The average molecular weight is 287 g/mol. The third-order valence-corrected chi connectivity index (χ3v) is 4.39. The van der Waals surface area contributed by atoms with E-state index in [-0.39, 0.29) is 4.90 Å². The van der Waals surface area contributed by atoms with Gasteiger partial charge in [-0.05, 0) is 29.8 Å². The van der Waals surface area contributed by atoms with E-state index in [0.717, 1.165) is 11.3 Å². The van der Waals surface area contributed by atoms with E-state index < -0.39 is 10.0 Å². The molecular formula is C14H13N3O2S. The standard InChI is InChI=1S/C14H13N3O2S/c15-9-10-4-3-5-11(8-10)16-14-12-6-1-2-7-13(12)20(18,19)17-14/h1-8H,9,15H2,(H,16,17). The second-order valence-electron chi connectivity index (χ2n) is 4.44. The van der Waals surface area contributed by atoms with E-state index in [2.05, 4.69) is 9.71 Å². The van der Waals surface area contributed by atoms with E-state index in [9.17, 15) is 8.42 Å². The molecule has 0 bridgehead atoms. The third kappa shape index (κ3) is 2.19. The van der Waals surface area contributed by atoms with Gasteiger partial charge in [-0.15, -0.1) is 4.40 Å². The van der Waals surface area contributed by atoms with Crippen molar-refractivity contribution in [3.63, 3.8) is 0 Å². The highest BCUT2D eigenvalue weighted by Gasteiger charge is 2.28. The third-order valence-electron chi connectivity index (χ3n) is 3.06. The molecule has 0 saturated heterocycles. The van der Waals surface area contributed by atoms with E-state index in [1.54, 1.807) is 24.3 Å². The van der Waals surface area contributed by atoms with Gasteiger partial charge < -0.3 is 11.1 Å². The van der Waals surface area contributed by atoms with Crippen LogP contribution in [0.1, 0.15) is 11.1 Å². The molecule has 5 nitrogen and oxygen atoms in total. The highest BCUT2D eigenvalue weighted by Crippen LogP contribution is 2.26. The van der Waals surface area contributed by atoms with Crippen molar-refractivity contribution >= 4 is 21.5 Å². The van der Waals surface area contributed by atoms with Crippen LogP contribution in [0.4, 0.5) is 5.69 Å². The van der Waals surface area contributed by atoms with Crippen molar-refractivity contribution in [2.45, 2.75) is 11.4 Å². The van der Waals surface area contributed by atoms with Crippen LogP contribution in [0.5, 0.6) is 0 Å². The van der Waals surface area contributed by atoms with Crippen LogP contribution < -0.4 is 11.1 Å². The Bertz CT molecular complexity index is 798. The van der Waals surface area contributed by atoms with Crippen molar-refractivity contribution in [2.75, 3.05) is 5.32 Å². The van der Waals surface area contributed by atoms with Crippen LogP contribution >= 0.6 is 0 Å². The predicted octanol–water partition coefficient (Wildman–Crippen LogP) is 1.71. The molecule has 1 aliphatic rings. The lowest BCUT2D eigenvalue weighted by Gasteiger charge is -2.07. The molecule has 0 spiro atoms. The minimum absolute atomic E-state index is 0.234. The van der Waals surface area contributed by atoms with Gasteiger partial charge in [-0.3, -0.25) is 0 Å². The number of hydrogen-bond acceptors (Lipinski definition) is 4. The smallest absolute Gasteiger partial charge is 0.285 e. The summed E-state index contributed by atoms with van der Waals surface area (Å²) < 4.78 is 27.6. The highest BCUT2D eigenvalue weighted by molar-refractivity contribution is 7.90. The summed E-state index contributed by atoms with van der Waals surface area (Å²) in [5.74, 6) is 0.342. The molecule has 0 radical (unpaired) electrons. The minimum Gasteiger partial charge on any atom is -0.339 e. The molecule has 1 aliphatic heterocycles. The molecule has 0 saturated carbocycles. The van der Waals surface area contributed by atoms with Gasteiger partial charge in [0.05, 0.1) is 0 Å². The molecule has 0 unspecified atom stereocenters. The van der Waals surface area contributed by atoms with Crippen molar-refractivity contribution < 1.29 is 8.42 Å². The zero-order chi connectivity index (χ0) is 14.2. The first-order chi connectivity index (χ1) is 9.60. The van der Waals surface area contributed by atoms with Crippen LogP contribution in [0.25, 0.3) is 0 Å². The topological polar surface area (TPSA) is 84.5 Å². The van der Waals surface area contributed by atoms with Gasteiger partial charge in [0.25, 0.3) is 10.0 Å². The van der Waals surface area contributed by atoms with Crippen molar-refractivity contribution in [3.05, 3.63) is 59.7 Å². The molecule has 3 rings (SSSR count). The van der Waals surface area contributed by atoms with Gasteiger partial charge >= 0.3 is 0 Å². The maximum atomic E-state index is 11.9. The summed E-state index contributed by atoms with van der Waals surface area (Å²) in [6.45, 7) is 0.427. The first-order valence-electron chi connectivity index (χ1n) is 6.10. The molecule has 3 N–H and O–H groups in total. The van der Waals surface area contributed by atoms with Gasteiger partial charge in [0.15, 0.2) is 5.84 Å². The van der Waals surface area contributed by atoms with Crippen LogP contribution in [0.3, 0.4) is 0 Å². The van der Waals surface area contributed by atoms with E-state index in [1.165, 1.54) is 0 Å². The molecule has 0 aliphatic carbocycles. The number of fused-ring (bicyclic) bond motifs is 1. The minimum atomic E-state index is -3.59. The first kappa shape index (κ1) is 12.8. The molecule has 2 aromatic rings. The quantitative estimate of drug-likeness (QED) is 0.880. The second kappa shape index (κ2) is 4.73. The van der Waals surface area contributed by atoms with Crippen LogP contribution in [0, 0.1) is 0 Å².